The van der Waals surface area contributed by atoms with Gasteiger partial charge in [-0.05, 0) is 45.4 Å². The van der Waals surface area contributed by atoms with E-state index in [9.17, 15) is 14.7 Å². The lowest BCUT2D eigenvalue weighted by molar-refractivity contribution is -0.147. The van der Waals surface area contributed by atoms with Gasteiger partial charge in [0, 0.05) is 12.5 Å². The van der Waals surface area contributed by atoms with Crippen molar-refractivity contribution in [1.82, 2.24) is 5.32 Å². The zero-order valence-corrected chi connectivity index (χ0v) is 10.5. The van der Waals surface area contributed by atoms with Crippen LogP contribution in [0.4, 0.5) is 0 Å². The largest absolute Gasteiger partial charge is 0.480 e. The van der Waals surface area contributed by atoms with Gasteiger partial charge in [-0.2, -0.15) is 0 Å². The molecule has 2 unspecified atom stereocenters. The first-order valence-electron chi connectivity index (χ1n) is 6.16. The number of carboxylic acids is 1. The van der Waals surface area contributed by atoms with E-state index in [-0.39, 0.29) is 17.9 Å². The maximum atomic E-state index is 11.7. The van der Waals surface area contributed by atoms with Crippen molar-refractivity contribution in [3.8, 4) is 0 Å². The highest BCUT2D eigenvalue weighted by molar-refractivity contribution is 5.87. The van der Waals surface area contributed by atoms with Gasteiger partial charge in [-0.25, -0.2) is 4.79 Å². The maximum absolute atomic E-state index is 11.7. The molecule has 17 heavy (non-hydrogen) atoms. The Balaban J connectivity index is 2.40. The Morgan fingerprint density at radius 1 is 1.53 bits per heavy atom. The van der Waals surface area contributed by atoms with Crippen LogP contribution in [0.2, 0.25) is 0 Å². The lowest BCUT2D eigenvalue weighted by atomic mass is 9.95. The van der Waals surface area contributed by atoms with Crippen LogP contribution in [-0.2, 0) is 9.59 Å². The van der Waals surface area contributed by atoms with Crippen molar-refractivity contribution in [3.05, 3.63) is 0 Å². The molecule has 5 nitrogen and oxygen atoms in total. The summed E-state index contributed by atoms with van der Waals surface area (Å²) in [5, 5.41) is 11.8. The van der Waals surface area contributed by atoms with Crippen molar-refractivity contribution in [2.75, 3.05) is 0 Å². The predicted octanol–water partition coefficient (Wildman–Crippen LogP) is 0.873. The van der Waals surface area contributed by atoms with Gasteiger partial charge in [-0.3, -0.25) is 4.79 Å². The second-order valence-electron chi connectivity index (χ2n) is 5.20. The quantitative estimate of drug-likeness (QED) is 0.617. The molecule has 0 bridgehead atoms. The molecule has 0 aromatic carbocycles. The number of hydrogen-bond acceptors (Lipinski definition) is 3. The normalized spacial score (nSPS) is 20.4. The molecule has 1 fully saturated rings. The van der Waals surface area contributed by atoms with E-state index in [2.05, 4.69) is 5.32 Å². The molecule has 0 aromatic rings. The molecular formula is C12H22N2O3. The van der Waals surface area contributed by atoms with Gasteiger partial charge >= 0.3 is 5.97 Å². The van der Waals surface area contributed by atoms with E-state index in [1.165, 1.54) is 0 Å². The zero-order valence-electron chi connectivity index (χ0n) is 10.5. The van der Waals surface area contributed by atoms with Gasteiger partial charge in [-0.1, -0.05) is 0 Å². The highest BCUT2D eigenvalue weighted by Gasteiger charge is 2.48. The summed E-state index contributed by atoms with van der Waals surface area (Å²) < 4.78 is 0. The number of carboxylic acid groups (broad SMARTS) is 1. The molecule has 0 heterocycles. The maximum Gasteiger partial charge on any atom is 0.329 e. The molecule has 1 aliphatic carbocycles. The van der Waals surface area contributed by atoms with Crippen LogP contribution in [0.3, 0.4) is 0 Å². The molecule has 0 saturated heterocycles. The first-order chi connectivity index (χ1) is 7.86. The Kier molecular flexibility index (Phi) is 4.51. The van der Waals surface area contributed by atoms with Crippen LogP contribution < -0.4 is 11.1 Å². The van der Waals surface area contributed by atoms with Gasteiger partial charge in [0.1, 0.15) is 5.54 Å². The Bertz CT molecular complexity index is 300. The number of rotatable bonds is 7. The fraction of sp³-hybridized carbons (Fsp3) is 0.833. The fourth-order valence-electron chi connectivity index (χ4n) is 1.93. The van der Waals surface area contributed by atoms with Crippen LogP contribution in [0.1, 0.15) is 46.0 Å². The minimum absolute atomic E-state index is 0.0806. The summed E-state index contributed by atoms with van der Waals surface area (Å²) in [4.78, 5) is 22.8. The van der Waals surface area contributed by atoms with Crippen LogP contribution in [-0.4, -0.2) is 28.6 Å². The molecule has 0 radical (unpaired) electrons. The van der Waals surface area contributed by atoms with E-state index in [1.807, 2.05) is 6.92 Å². The van der Waals surface area contributed by atoms with Crippen molar-refractivity contribution >= 4 is 11.9 Å². The highest BCUT2D eigenvalue weighted by atomic mass is 16.4. The Hall–Kier alpha value is -1.10. The predicted molar refractivity (Wildman–Crippen MR) is 64.4 cm³/mol. The van der Waals surface area contributed by atoms with Crippen LogP contribution in [0.15, 0.2) is 0 Å². The minimum atomic E-state index is -1.09. The number of hydrogen-bond donors (Lipinski definition) is 3. The van der Waals surface area contributed by atoms with E-state index in [0.29, 0.717) is 12.8 Å². The molecule has 1 amide bonds. The van der Waals surface area contributed by atoms with Crippen molar-refractivity contribution in [3.63, 3.8) is 0 Å². The Morgan fingerprint density at radius 2 is 2.12 bits per heavy atom. The molecule has 0 aromatic heterocycles. The summed E-state index contributed by atoms with van der Waals surface area (Å²) >= 11 is 0. The van der Waals surface area contributed by atoms with Crippen LogP contribution >= 0.6 is 0 Å². The lowest BCUT2D eigenvalue weighted by Crippen LogP contribution is -2.54. The number of aliphatic carboxylic acids is 1. The van der Waals surface area contributed by atoms with Gasteiger partial charge < -0.3 is 16.2 Å². The van der Waals surface area contributed by atoms with Gasteiger partial charge in [0.2, 0.25) is 5.91 Å². The number of nitrogens with one attached hydrogen (secondary N) is 1. The first-order valence-corrected chi connectivity index (χ1v) is 6.16. The van der Waals surface area contributed by atoms with Gasteiger partial charge in [0.15, 0.2) is 0 Å². The highest BCUT2D eigenvalue weighted by Crippen LogP contribution is 2.39. The molecular weight excluding hydrogens is 220 g/mol. The SMILES string of the molecule is CC(N)CCCC(=O)NC(C)(C(=O)O)C1CC1. The van der Waals surface area contributed by atoms with Crippen molar-refractivity contribution < 1.29 is 14.7 Å². The first kappa shape index (κ1) is 14.0. The molecule has 1 saturated carbocycles. The van der Waals surface area contributed by atoms with Crippen LogP contribution in [0, 0.1) is 5.92 Å². The van der Waals surface area contributed by atoms with Crippen molar-refractivity contribution in [2.45, 2.75) is 57.5 Å². The molecule has 2 atom stereocenters. The van der Waals surface area contributed by atoms with E-state index in [1.54, 1.807) is 6.92 Å². The van der Waals surface area contributed by atoms with E-state index < -0.39 is 11.5 Å². The number of carbonyl (C=O) groups excluding carboxylic acids is 1. The summed E-state index contributed by atoms with van der Waals surface area (Å²) in [6.07, 6.45) is 3.58. The van der Waals surface area contributed by atoms with Crippen molar-refractivity contribution in [1.29, 1.82) is 0 Å². The van der Waals surface area contributed by atoms with E-state index in [4.69, 9.17) is 5.73 Å². The third-order valence-corrected chi connectivity index (χ3v) is 3.30. The van der Waals surface area contributed by atoms with Crippen LogP contribution in [0.5, 0.6) is 0 Å². The second-order valence-corrected chi connectivity index (χ2v) is 5.20. The summed E-state index contributed by atoms with van der Waals surface area (Å²) in [5.74, 6) is -1.06. The average Bonchev–Trinajstić information content (AvgIpc) is 2.99. The lowest BCUT2D eigenvalue weighted by Gasteiger charge is -2.26. The minimum Gasteiger partial charge on any atom is -0.480 e. The smallest absolute Gasteiger partial charge is 0.329 e. The summed E-state index contributed by atoms with van der Waals surface area (Å²) in [6.45, 7) is 3.49. The molecule has 5 heteroatoms. The third-order valence-electron chi connectivity index (χ3n) is 3.30. The third kappa shape index (κ3) is 4.00. The monoisotopic (exact) mass is 242 g/mol. The molecule has 0 spiro atoms. The summed E-state index contributed by atoms with van der Waals surface area (Å²) in [6, 6.07) is 0.0806. The molecule has 1 rings (SSSR count). The summed E-state index contributed by atoms with van der Waals surface area (Å²) in [7, 11) is 0. The Morgan fingerprint density at radius 3 is 2.53 bits per heavy atom. The Labute approximate surface area is 102 Å². The molecule has 98 valence electrons. The van der Waals surface area contributed by atoms with Gasteiger partial charge in [-0.15, -0.1) is 0 Å². The fourth-order valence-corrected chi connectivity index (χ4v) is 1.93. The summed E-state index contributed by atoms with van der Waals surface area (Å²) in [5.41, 5.74) is 4.49. The number of amides is 1. The topological polar surface area (TPSA) is 92.4 Å². The van der Waals surface area contributed by atoms with E-state index >= 15 is 0 Å². The second kappa shape index (κ2) is 5.49. The van der Waals surface area contributed by atoms with Crippen LogP contribution in [0.25, 0.3) is 0 Å². The van der Waals surface area contributed by atoms with Crippen molar-refractivity contribution in [2.24, 2.45) is 11.7 Å². The molecule has 0 aliphatic heterocycles. The zero-order chi connectivity index (χ0) is 13.1. The van der Waals surface area contributed by atoms with E-state index in [0.717, 1.165) is 19.3 Å². The molecule has 4 N–H and O–H groups in total. The van der Waals surface area contributed by atoms with Gasteiger partial charge in [0.05, 0.1) is 0 Å². The number of nitrogens with two attached hydrogens (primary N) is 1. The standard InChI is InChI=1S/C12H22N2O3/c1-8(13)4-3-5-10(15)14-12(2,11(16)17)9-6-7-9/h8-9H,3-7,13H2,1-2H3,(H,14,15)(H,16,17). The van der Waals surface area contributed by atoms with Gasteiger partial charge in [0.25, 0.3) is 0 Å². The molecule has 1 aliphatic rings. The number of carbonyl (C=O) groups is 2. The average molecular weight is 242 g/mol.